The third-order valence-electron chi connectivity index (χ3n) is 0.732. The van der Waals surface area contributed by atoms with Gasteiger partial charge in [0, 0.05) is 0 Å². The SMILES string of the molecule is Cc1n[c-]cc(=O)[nH]1.[V+2]. The fourth-order valence-corrected chi connectivity index (χ4v) is 0.430. The van der Waals surface area contributed by atoms with Gasteiger partial charge in [-0.2, -0.15) is 0 Å². The van der Waals surface area contributed by atoms with E-state index < -0.39 is 0 Å². The Kier molecular flexibility index (Phi) is 3.28. The zero-order valence-corrected chi connectivity index (χ0v) is 6.28. The van der Waals surface area contributed by atoms with E-state index in [2.05, 4.69) is 16.2 Å². The Hall–Kier alpha value is -0.536. The number of hydrogen-bond donors (Lipinski definition) is 1. The average Bonchev–Trinajstić information content (AvgIpc) is 1.64. The minimum atomic E-state index is -0.155. The van der Waals surface area contributed by atoms with Gasteiger partial charge in [0.25, 0.3) is 0 Å². The maximum atomic E-state index is 10.4. The van der Waals surface area contributed by atoms with Crippen molar-refractivity contribution in [1.82, 2.24) is 9.97 Å². The second kappa shape index (κ2) is 3.48. The van der Waals surface area contributed by atoms with E-state index >= 15 is 0 Å². The summed E-state index contributed by atoms with van der Waals surface area (Å²) in [5.74, 6) is 0.595. The third kappa shape index (κ3) is 2.49. The van der Waals surface area contributed by atoms with E-state index in [4.69, 9.17) is 0 Å². The molecule has 0 atom stereocenters. The molecular formula is C5H5N2OV+. The summed E-state index contributed by atoms with van der Waals surface area (Å²) < 4.78 is 0. The maximum Gasteiger partial charge on any atom is 2.00 e. The molecule has 3 nitrogen and oxygen atoms in total. The van der Waals surface area contributed by atoms with Crippen molar-refractivity contribution in [3.8, 4) is 0 Å². The topological polar surface area (TPSA) is 45.8 Å². The standard InChI is InChI=1S/C5H5N2O.V/c1-4-6-3-2-5(8)7-4;/h2H,1H3,(H,6,7,8);/q-1;+2. The number of nitrogens with one attached hydrogen (secondary N) is 1. The van der Waals surface area contributed by atoms with Crippen molar-refractivity contribution in [1.29, 1.82) is 0 Å². The van der Waals surface area contributed by atoms with Crippen LogP contribution in [-0.2, 0) is 18.6 Å². The van der Waals surface area contributed by atoms with E-state index in [0.717, 1.165) is 0 Å². The predicted molar refractivity (Wildman–Crippen MR) is 28.4 cm³/mol. The van der Waals surface area contributed by atoms with Gasteiger partial charge in [0.1, 0.15) is 5.56 Å². The Morgan fingerprint density at radius 3 is 2.78 bits per heavy atom. The molecule has 1 N–H and O–H groups in total. The summed E-state index contributed by atoms with van der Waals surface area (Å²) in [6.45, 7) is 1.71. The van der Waals surface area contributed by atoms with Crippen LogP contribution >= 0.6 is 0 Å². The molecule has 0 spiro atoms. The van der Waals surface area contributed by atoms with Crippen LogP contribution in [0, 0.1) is 13.1 Å². The Morgan fingerprint density at radius 1 is 1.78 bits per heavy atom. The zero-order chi connectivity index (χ0) is 5.98. The van der Waals surface area contributed by atoms with Crippen LogP contribution in [0.2, 0.25) is 0 Å². The molecule has 0 saturated heterocycles. The minimum Gasteiger partial charge on any atom is -0.417 e. The predicted octanol–water partition coefficient (Wildman–Crippen LogP) is -0.124. The van der Waals surface area contributed by atoms with Crippen molar-refractivity contribution in [3.05, 3.63) is 28.4 Å². The van der Waals surface area contributed by atoms with Crippen molar-refractivity contribution in [3.63, 3.8) is 0 Å². The first kappa shape index (κ1) is 8.46. The van der Waals surface area contributed by atoms with Crippen LogP contribution in [0.25, 0.3) is 0 Å². The molecule has 0 fully saturated rings. The van der Waals surface area contributed by atoms with Crippen LogP contribution in [0.3, 0.4) is 0 Å². The number of nitrogens with zero attached hydrogens (tertiary/aromatic N) is 1. The van der Waals surface area contributed by atoms with Crippen LogP contribution in [-0.4, -0.2) is 9.97 Å². The normalized spacial score (nSPS) is 8.11. The van der Waals surface area contributed by atoms with Crippen LogP contribution in [0.15, 0.2) is 10.9 Å². The molecule has 0 aliphatic heterocycles. The van der Waals surface area contributed by atoms with E-state index in [9.17, 15) is 4.79 Å². The first-order valence-corrected chi connectivity index (χ1v) is 2.23. The Morgan fingerprint density at radius 2 is 2.44 bits per heavy atom. The molecule has 0 aromatic carbocycles. The number of aromatic nitrogens is 2. The molecule has 0 aliphatic carbocycles. The minimum absolute atomic E-state index is 0. The van der Waals surface area contributed by atoms with E-state index in [1.807, 2.05) is 0 Å². The average molecular weight is 160 g/mol. The van der Waals surface area contributed by atoms with E-state index in [1.165, 1.54) is 6.07 Å². The number of H-pyrrole nitrogens is 1. The quantitative estimate of drug-likeness (QED) is 0.537. The smallest absolute Gasteiger partial charge is 0.417 e. The second-order valence-corrected chi connectivity index (χ2v) is 1.46. The molecule has 9 heavy (non-hydrogen) atoms. The first-order valence-electron chi connectivity index (χ1n) is 2.23. The maximum absolute atomic E-state index is 10.4. The molecule has 0 unspecified atom stereocenters. The second-order valence-electron chi connectivity index (χ2n) is 1.46. The molecule has 0 bridgehead atoms. The Labute approximate surface area is 64.4 Å². The summed E-state index contributed by atoms with van der Waals surface area (Å²) in [5.41, 5.74) is -0.155. The van der Waals surface area contributed by atoms with Gasteiger partial charge >= 0.3 is 18.6 Å². The van der Waals surface area contributed by atoms with E-state index in [-0.39, 0.29) is 24.1 Å². The van der Waals surface area contributed by atoms with Crippen LogP contribution in [0.5, 0.6) is 0 Å². The molecule has 45 valence electrons. The fraction of sp³-hybridized carbons (Fsp3) is 0.200. The van der Waals surface area contributed by atoms with Gasteiger partial charge in [-0.05, 0) is 5.82 Å². The number of rotatable bonds is 0. The van der Waals surface area contributed by atoms with Crippen molar-refractivity contribution < 1.29 is 18.6 Å². The molecule has 4 heteroatoms. The molecule has 0 aliphatic rings. The first-order chi connectivity index (χ1) is 3.79. The largest absolute Gasteiger partial charge is 2.00 e. The van der Waals surface area contributed by atoms with Gasteiger partial charge in [-0.25, -0.2) is 0 Å². The van der Waals surface area contributed by atoms with E-state index in [1.54, 1.807) is 6.92 Å². The summed E-state index contributed by atoms with van der Waals surface area (Å²) in [7, 11) is 0. The summed E-state index contributed by atoms with van der Waals surface area (Å²) >= 11 is 0. The summed E-state index contributed by atoms with van der Waals surface area (Å²) in [6.07, 6.45) is 2.44. The molecule has 1 radical (unpaired) electrons. The van der Waals surface area contributed by atoms with Gasteiger partial charge in [0.15, 0.2) is 0 Å². The molecule has 1 heterocycles. The van der Waals surface area contributed by atoms with Crippen LogP contribution in [0.4, 0.5) is 0 Å². The molecule has 1 aromatic heterocycles. The Bertz CT molecular complexity index is 232. The van der Waals surface area contributed by atoms with Gasteiger partial charge in [0.05, 0.1) is 0 Å². The fourth-order valence-electron chi connectivity index (χ4n) is 0.430. The van der Waals surface area contributed by atoms with Crippen molar-refractivity contribution in [2.45, 2.75) is 6.92 Å². The number of aryl methyl sites for hydroxylation is 1. The van der Waals surface area contributed by atoms with Gasteiger partial charge < -0.3 is 14.8 Å². The van der Waals surface area contributed by atoms with Crippen molar-refractivity contribution in [2.75, 3.05) is 0 Å². The van der Waals surface area contributed by atoms with Crippen molar-refractivity contribution in [2.24, 2.45) is 0 Å². The number of aromatic amines is 1. The van der Waals surface area contributed by atoms with Crippen molar-refractivity contribution >= 4 is 0 Å². The summed E-state index contributed by atoms with van der Waals surface area (Å²) in [5, 5.41) is 0. The third-order valence-corrected chi connectivity index (χ3v) is 0.732. The zero-order valence-electron chi connectivity index (χ0n) is 4.88. The van der Waals surface area contributed by atoms with Gasteiger partial charge in [0.2, 0.25) is 0 Å². The van der Waals surface area contributed by atoms with Crippen LogP contribution < -0.4 is 5.56 Å². The van der Waals surface area contributed by atoms with Gasteiger partial charge in [-0.3, -0.25) is 0 Å². The molecule has 0 amide bonds. The summed E-state index contributed by atoms with van der Waals surface area (Å²) in [4.78, 5) is 16.5. The van der Waals surface area contributed by atoms with E-state index in [0.29, 0.717) is 5.82 Å². The van der Waals surface area contributed by atoms with Gasteiger partial charge in [-0.15, -0.1) is 0 Å². The molecule has 1 aromatic rings. The van der Waals surface area contributed by atoms with Gasteiger partial charge in [-0.1, -0.05) is 19.2 Å². The monoisotopic (exact) mass is 160 g/mol. The molecular weight excluding hydrogens is 155 g/mol. The number of hydrogen-bond acceptors (Lipinski definition) is 2. The Balaban J connectivity index is 0.000000640. The molecule has 0 saturated carbocycles. The summed E-state index contributed by atoms with van der Waals surface area (Å²) in [6, 6.07) is 1.26. The molecule has 1 rings (SSSR count). The van der Waals surface area contributed by atoms with Crippen LogP contribution in [0.1, 0.15) is 5.82 Å².